The fourth-order valence-electron chi connectivity index (χ4n) is 1.28. The highest BCUT2D eigenvalue weighted by Gasteiger charge is 2.40. The molecular formula is C8H7F3N2O2. The van der Waals surface area contributed by atoms with Crippen LogP contribution in [-0.2, 0) is 6.18 Å². The SMILES string of the molecule is O=C(O)c1cn(C2CC2)nc1C(F)(F)F. The maximum Gasteiger partial charge on any atom is 0.436 e. The van der Waals surface area contributed by atoms with Crippen LogP contribution in [0.3, 0.4) is 0 Å². The number of rotatable bonds is 2. The summed E-state index contributed by atoms with van der Waals surface area (Å²) < 4.78 is 38.2. The topological polar surface area (TPSA) is 55.1 Å². The molecule has 15 heavy (non-hydrogen) atoms. The number of carbonyl (C=O) groups is 1. The van der Waals surface area contributed by atoms with Crippen LogP contribution in [-0.4, -0.2) is 20.9 Å². The van der Waals surface area contributed by atoms with Gasteiger partial charge in [-0.05, 0) is 12.8 Å². The van der Waals surface area contributed by atoms with Gasteiger partial charge in [0.05, 0.1) is 6.04 Å². The zero-order valence-electron chi connectivity index (χ0n) is 7.45. The summed E-state index contributed by atoms with van der Waals surface area (Å²) in [6.45, 7) is 0. The molecule has 1 N–H and O–H groups in total. The molecule has 0 bridgehead atoms. The number of nitrogens with zero attached hydrogens (tertiary/aromatic N) is 2. The van der Waals surface area contributed by atoms with Crippen LogP contribution in [0.2, 0.25) is 0 Å². The lowest BCUT2D eigenvalue weighted by Crippen LogP contribution is -2.12. The second kappa shape index (κ2) is 2.98. The maximum atomic E-state index is 12.4. The molecule has 0 spiro atoms. The van der Waals surface area contributed by atoms with Gasteiger partial charge in [-0.25, -0.2) is 4.79 Å². The molecule has 0 atom stereocenters. The van der Waals surface area contributed by atoms with Gasteiger partial charge in [-0.3, -0.25) is 4.68 Å². The minimum absolute atomic E-state index is 0.0702. The molecule has 0 amide bonds. The van der Waals surface area contributed by atoms with Crippen LogP contribution in [0.4, 0.5) is 13.2 Å². The summed E-state index contributed by atoms with van der Waals surface area (Å²) in [4.78, 5) is 10.6. The molecule has 1 aromatic rings. The quantitative estimate of drug-likeness (QED) is 0.828. The van der Waals surface area contributed by atoms with Gasteiger partial charge in [0.2, 0.25) is 0 Å². The molecule has 2 rings (SSSR count). The van der Waals surface area contributed by atoms with E-state index in [-0.39, 0.29) is 6.04 Å². The number of aromatic carboxylic acids is 1. The summed E-state index contributed by atoms with van der Waals surface area (Å²) in [6.07, 6.45) is -2.27. The minimum Gasteiger partial charge on any atom is -0.478 e. The predicted molar refractivity (Wildman–Crippen MR) is 42.5 cm³/mol. The van der Waals surface area contributed by atoms with E-state index in [2.05, 4.69) is 5.10 Å². The molecule has 0 aliphatic heterocycles. The van der Waals surface area contributed by atoms with E-state index in [0.717, 1.165) is 23.7 Å². The second-order valence-electron chi connectivity index (χ2n) is 3.41. The Kier molecular flexibility index (Phi) is 1.99. The Morgan fingerprint density at radius 2 is 2.13 bits per heavy atom. The molecule has 1 aromatic heterocycles. The molecule has 4 nitrogen and oxygen atoms in total. The van der Waals surface area contributed by atoms with Crippen molar-refractivity contribution in [2.24, 2.45) is 0 Å². The molecule has 1 heterocycles. The summed E-state index contributed by atoms with van der Waals surface area (Å²) in [5.74, 6) is -1.60. The van der Waals surface area contributed by atoms with Crippen molar-refractivity contribution in [1.82, 2.24) is 9.78 Å². The van der Waals surface area contributed by atoms with Gasteiger partial charge in [-0.15, -0.1) is 0 Å². The summed E-state index contributed by atoms with van der Waals surface area (Å²) >= 11 is 0. The van der Waals surface area contributed by atoms with Crippen LogP contribution in [0, 0.1) is 0 Å². The highest BCUT2D eigenvalue weighted by Crippen LogP contribution is 2.37. The lowest BCUT2D eigenvalue weighted by atomic mass is 10.2. The first-order chi connectivity index (χ1) is 6.89. The molecule has 7 heteroatoms. The molecule has 1 fully saturated rings. The van der Waals surface area contributed by atoms with Crippen molar-refractivity contribution in [3.63, 3.8) is 0 Å². The van der Waals surface area contributed by atoms with Gasteiger partial charge in [0.1, 0.15) is 5.56 Å². The first kappa shape index (κ1) is 10.0. The van der Waals surface area contributed by atoms with Crippen molar-refractivity contribution in [1.29, 1.82) is 0 Å². The second-order valence-corrected chi connectivity index (χ2v) is 3.41. The Hall–Kier alpha value is -1.53. The first-order valence-corrected chi connectivity index (χ1v) is 4.29. The van der Waals surface area contributed by atoms with Gasteiger partial charge in [-0.1, -0.05) is 0 Å². The van der Waals surface area contributed by atoms with E-state index in [1.807, 2.05) is 0 Å². The van der Waals surface area contributed by atoms with E-state index in [1.165, 1.54) is 0 Å². The molecule has 1 aliphatic carbocycles. The number of carboxylic acids is 1. The standard InChI is InChI=1S/C8H7F3N2O2/c9-8(10,11)6-5(7(14)15)3-13(12-6)4-1-2-4/h3-4H,1-2H2,(H,14,15). The van der Waals surface area contributed by atoms with Gasteiger partial charge < -0.3 is 5.11 Å². The monoisotopic (exact) mass is 220 g/mol. The molecule has 0 aromatic carbocycles. The van der Waals surface area contributed by atoms with Crippen LogP contribution in [0.5, 0.6) is 0 Å². The fourth-order valence-corrected chi connectivity index (χ4v) is 1.28. The molecule has 1 saturated carbocycles. The normalized spacial score (nSPS) is 16.7. The third-order valence-corrected chi connectivity index (χ3v) is 2.15. The van der Waals surface area contributed by atoms with E-state index >= 15 is 0 Å². The van der Waals surface area contributed by atoms with Crippen molar-refractivity contribution in [3.05, 3.63) is 17.5 Å². The van der Waals surface area contributed by atoms with Crippen molar-refractivity contribution < 1.29 is 23.1 Å². The highest BCUT2D eigenvalue weighted by atomic mass is 19.4. The van der Waals surface area contributed by atoms with Crippen LogP contribution >= 0.6 is 0 Å². The lowest BCUT2D eigenvalue weighted by Gasteiger charge is -2.02. The largest absolute Gasteiger partial charge is 0.478 e. The summed E-state index contributed by atoms with van der Waals surface area (Å²) in [5.41, 5.74) is -2.10. The van der Waals surface area contributed by atoms with E-state index < -0.39 is 23.4 Å². The minimum atomic E-state index is -4.71. The van der Waals surface area contributed by atoms with E-state index in [1.54, 1.807) is 0 Å². The van der Waals surface area contributed by atoms with Crippen molar-refractivity contribution in [2.75, 3.05) is 0 Å². The third kappa shape index (κ3) is 1.81. The van der Waals surface area contributed by atoms with Gasteiger partial charge in [0.25, 0.3) is 0 Å². The van der Waals surface area contributed by atoms with E-state index in [4.69, 9.17) is 5.11 Å². The van der Waals surface area contributed by atoms with Crippen LogP contribution in [0.25, 0.3) is 0 Å². The lowest BCUT2D eigenvalue weighted by molar-refractivity contribution is -0.142. The van der Waals surface area contributed by atoms with Gasteiger partial charge >= 0.3 is 12.1 Å². The molecular weight excluding hydrogens is 213 g/mol. The number of aromatic nitrogens is 2. The number of hydrogen-bond acceptors (Lipinski definition) is 2. The van der Waals surface area contributed by atoms with Gasteiger partial charge in [0.15, 0.2) is 5.69 Å². The van der Waals surface area contributed by atoms with Crippen LogP contribution in [0.1, 0.15) is 34.9 Å². The zero-order chi connectivity index (χ0) is 11.2. The number of carboxylic acid groups (broad SMARTS) is 1. The van der Waals surface area contributed by atoms with Crippen molar-refractivity contribution in [2.45, 2.75) is 25.1 Å². The van der Waals surface area contributed by atoms with Crippen molar-refractivity contribution >= 4 is 5.97 Å². The van der Waals surface area contributed by atoms with E-state index in [0.29, 0.717) is 0 Å². The fraction of sp³-hybridized carbons (Fsp3) is 0.500. The Balaban J connectivity index is 2.46. The molecule has 82 valence electrons. The average molecular weight is 220 g/mol. The molecule has 0 unspecified atom stereocenters. The average Bonchev–Trinajstić information content (AvgIpc) is 2.81. The zero-order valence-corrected chi connectivity index (χ0v) is 7.45. The summed E-state index contributed by atoms with van der Waals surface area (Å²) in [5, 5.41) is 11.9. The van der Waals surface area contributed by atoms with Crippen LogP contribution < -0.4 is 0 Å². The number of alkyl halides is 3. The van der Waals surface area contributed by atoms with Crippen LogP contribution in [0.15, 0.2) is 6.20 Å². The van der Waals surface area contributed by atoms with E-state index in [9.17, 15) is 18.0 Å². The predicted octanol–water partition coefficient (Wildman–Crippen LogP) is 1.94. The number of halogens is 3. The Labute approximate surface area is 82.3 Å². The third-order valence-electron chi connectivity index (χ3n) is 2.15. The molecule has 0 radical (unpaired) electrons. The molecule has 0 saturated heterocycles. The Morgan fingerprint density at radius 1 is 1.53 bits per heavy atom. The first-order valence-electron chi connectivity index (χ1n) is 4.29. The van der Waals surface area contributed by atoms with Crippen molar-refractivity contribution in [3.8, 4) is 0 Å². The Bertz CT molecular complexity index is 407. The molecule has 1 aliphatic rings. The van der Waals surface area contributed by atoms with Gasteiger partial charge in [0, 0.05) is 6.20 Å². The highest BCUT2D eigenvalue weighted by molar-refractivity contribution is 5.88. The summed E-state index contributed by atoms with van der Waals surface area (Å²) in [6, 6.07) is -0.0702. The Morgan fingerprint density at radius 3 is 2.47 bits per heavy atom. The summed E-state index contributed by atoms with van der Waals surface area (Å²) in [7, 11) is 0. The smallest absolute Gasteiger partial charge is 0.436 e. The van der Waals surface area contributed by atoms with Gasteiger partial charge in [-0.2, -0.15) is 18.3 Å². The maximum absolute atomic E-state index is 12.4. The number of hydrogen-bond donors (Lipinski definition) is 1.